The summed E-state index contributed by atoms with van der Waals surface area (Å²) in [5, 5.41) is 5.79. The lowest BCUT2D eigenvalue weighted by atomic mass is 10.0. The first-order valence-electron chi connectivity index (χ1n) is 4.63. The Morgan fingerprint density at radius 1 is 1.21 bits per heavy atom. The van der Waals surface area contributed by atoms with Gasteiger partial charge < -0.3 is 5.32 Å². The summed E-state index contributed by atoms with van der Waals surface area (Å²) in [6, 6.07) is 12.8. The number of fused-ring (bicyclic) bond motifs is 1. The first-order chi connectivity index (χ1) is 6.81. The zero-order valence-electron chi connectivity index (χ0n) is 8.05. The minimum absolute atomic E-state index is 0.916. The Bertz CT molecular complexity index is 451. The molecule has 2 heteroatoms. The molecule has 0 aliphatic carbocycles. The predicted molar refractivity (Wildman–Crippen MR) is 64.4 cm³/mol. The second-order valence-electron chi connectivity index (χ2n) is 3.31. The second-order valence-corrected chi connectivity index (χ2v) is 4.23. The summed E-state index contributed by atoms with van der Waals surface area (Å²) >= 11 is 3.48. The number of nitrogens with one attached hydrogen (secondary N) is 1. The van der Waals surface area contributed by atoms with Crippen LogP contribution in [0.3, 0.4) is 0 Å². The number of hydrogen-bond donors (Lipinski definition) is 1. The van der Waals surface area contributed by atoms with Gasteiger partial charge in [-0.3, -0.25) is 0 Å². The zero-order valence-corrected chi connectivity index (χ0v) is 9.64. The Morgan fingerprint density at radius 2 is 2.07 bits per heavy atom. The highest BCUT2D eigenvalue weighted by atomic mass is 79.9. The molecule has 0 atom stereocenters. The average molecular weight is 250 g/mol. The third-order valence-corrected chi connectivity index (χ3v) is 2.79. The van der Waals surface area contributed by atoms with Crippen LogP contribution < -0.4 is 5.32 Å². The van der Waals surface area contributed by atoms with Crippen LogP contribution in [0.2, 0.25) is 0 Å². The second kappa shape index (κ2) is 4.11. The van der Waals surface area contributed by atoms with Gasteiger partial charge in [-0.25, -0.2) is 0 Å². The van der Waals surface area contributed by atoms with Crippen molar-refractivity contribution in [3.8, 4) is 0 Å². The molecule has 1 N–H and O–H groups in total. The average Bonchev–Trinajstić information content (AvgIpc) is 2.18. The summed E-state index contributed by atoms with van der Waals surface area (Å²) < 4.78 is 1.13. The van der Waals surface area contributed by atoms with E-state index in [1.807, 2.05) is 7.05 Å². The van der Waals surface area contributed by atoms with Crippen LogP contribution in [-0.4, -0.2) is 7.05 Å². The number of halogens is 1. The van der Waals surface area contributed by atoms with Gasteiger partial charge in [0.05, 0.1) is 0 Å². The van der Waals surface area contributed by atoms with Crippen LogP contribution in [0.1, 0.15) is 5.56 Å². The van der Waals surface area contributed by atoms with Crippen molar-refractivity contribution < 1.29 is 0 Å². The first kappa shape index (κ1) is 9.69. The van der Waals surface area contributed by atoms with Gasteiger partial charge in [0, 0.05) is 11.0 Å². The van der Waals surface area contributed by atoms with E-state index in [0.717, 1.165) is 11.0 Å². The largest absolute Gasteiger partial charge is 0.316 e. The molecular formula is C12H12BrN. The highest BCUT2D eigenvalue weighted by Gasteiger charge is 1.99. The van der Waals surface area contributed by atoms with Crippen molar-refractivity contribution in [2.45, 2.75) is 6.54 Å². The first-order valence-corrected chi connectivity index (χ1v) is 5.42. The summed E-state index contributed by atoms with van der Waals surface area (Å²) in [4.78, 5) is 0. The van der Waals surface area contributed by atoms with E-state index in [2.05, 4.69) is 57.6 Å². The van der Waals surface area contributed by atoms with E-state index < -0.39 is 0 Å². The van der Waals surface area contributed by atoms with Crippen molar-refractivity contribution in [1.29, 1.82) is 0 Å². The molecule has 0 radical (unpaired) electrons. The van der Waals surface area contributed by atoms with E-state index in [1.165, 1.54) is 16.3 Å². The fourth-order valence-corrected chi connectivity index (χ4v) is 2.05. The molecule has 0 aliphatic heterocycles. The number of rotatable bonds is 2. The van der Waals surface area contributed by atoms with Gasteiger partial charge in [-0.15, -0.1) is 0 Å². The van der Waals surface area contributed by atoms with Crippen molar-refractivity contribution in [2.24, 2.45) is 0 Å². The molecule has 0 unspecified atom stereocenters. The minimum Gasteiger partial charge on any atom is -0.316 e. The normalized spacial score (nSPS) is 10.7. The van der Waals surface area contributed by atoms with Crippen LogP contribution in [0.5, 0.6) is 0 Å². The van der Waals surface area contributed by atoms with Crippen LogP contribution in [0.15, 0.2) is 40.9 Å². The summed E-state index contributed by atoms with van der Waals surface area (Å²) in [7, 11) is 1.97. The Labute approximate surface area is 92.3 Å². The van der Waals surface area contributed by atoms with Crippen molar-refractivity contribution in [3.63, 3.8) is 0 Å². The highest BCUT2D eigenvalue weighted by Crippen LogP contribution is 2.22. The van der Waals surface area contributed by atoms with Crippen LogP contribution in [0, 0.1) is 0 Å². The van der Waals surface area contributed by atoms with Crippen LogP contribution in [-0.2, 0) is 6.54 Å². The SMILES string of the molecule is CNCc1cccc2cc(Br)ccc12. The molecule has 72 valence electrons. The van der Waals surface area contributed by atoms with Gasteiger partial charge in [0.25, 0.3) is 0 Å². The third-order valence-electron chi connectivity index (χ3n) is 2.30. The Balaban J connectivity index is 2.62. The molecule has 0 amide bonds. The molecule has 2 aromatic carbocycles. The molecule has 2 rings (SSSR count). The maximum atomic E-state index is 3.48. The molecule has 0 bridgehead atoms. The van der Waals surface area contributed by atoms with Crippen LogP contribution in [0.4, 0.5) is 0 Å². The van der Waals surface area contributed by atoms with Gasteiger partial charge in [0.1, 0.15) is 0 Å². The summed E-state index contributed by atoms with van der Waals surface area (Å²) in [6.07, 6.45) is 0. The van der Waals surface area contributed by atoms with E-state index in [-0.39, 0.29) is 0 Å². The number of hydrogen-bond acceptors (Lipinski definition) is 1. The molecule has 0 aliphatic rings. The predicted octanol–water partition coefficient (Wildman–Crippen LogP) is 3.32. The molecule has 2 aromatic rings. The van der Waals surface area contributed by atoms with E-state index in [0.29, 0.717) is 0 Å². The van der Waals surface area contributed by atoms with Gasteiger partial charge in [-0.1, -0.05) is 40.2 Å². The van der Waals surface area contributed by atoms with Crippen LogP contribution >= 0.6 is 15.9 Å². The lowest BCUT2D eigenvalue weighted by molar-refractivity contribution is 0.824. The summed E-state index contributed by atoms with van der Waals surface area (Å²) in [5.74, 6) is 0. The fourth-order valence-electron chi connectivity index (χ4n) is 1.67. The van der Waals surface area contributed by atoms with Crippen molar-refractivity contribution in [2.75, 3.05) is 7.05 Å². The monoisotopic (exact) mass is 249 g/mol. The molecule has 1 nitrogen and oxygen atoms in total. The summed E-state index contributed by atoms with van der Waals surface area (Å²) in [5.41, 5.74) is 1.34. The molecule has 0 fully saturated rings. The van der Waals surface area contributed by atoms with Crippen molar-refractivity contribution in [3.05, 3.63) is 46.4 Å². The van der Waals surface area contributed by atoms with E-state index in [1.54, 1.807) is 0 Å². The molecule has 0 aromatic heterocycles. The van der Waals surface area contributed by atoms with Gasteiger partial charge in [0.15, 0.2) is 0 Å². The van der Waals surface area contributed by atoms with E-state index in [9.17, 15) is 0 Å². The molecule has 0 saturated carbocycles. The Kier molecular flexibility index (Phi) is 2.85. The summed E-state index contributed by atoms with van der Waals surface area (Å²) in [6.45, 7) is 0.916. The van der Waals surface area contributed by atoms with Crippen molar-refractivity contribution in [1.82, 2.24) is 5.32 Å². The quantitative estimate of drug-likeness (QED) is 0.862. The lowest BCUT2D eigenvalue weighted by Crippen LogP contribution is -2.05. The molecule has 0 heterocycles. The maximum Gasteiger partial charge on any atom is 0.0208 e. The van der Waals surface area contributed by atoms with Gasteiger partial charge in [0.2, 0.25) is 0 Å². The third kappa shape index (κ3) is 1.81. The molecule has 14 heavy (non-hydrogen) atoms. The van der Waals surface area contributed by atoms with Crippen molar-refractivity contribution >= 4 is 26.7 Å². The minimum atomic E-state index is 0.916. The van der Waals surface area contributed by atoms with Gasteiger partial charge in [-0.05, 0) is 35.5 Å². The number of benzene rings is 2. The smallest absolute Gasteiger partial charge is 0.0208 e. The lowest BCUT2D eigenvalue weighted by Gasteiger charge is -2.05. The molecular weight excluding hydrogens is 238 g/mol. The standard InChI is InChI=1S/C12H12BrN/c1-14-8-10-4-2-3-9-7-11(13)5-6-12(9)10/h2-7,14H,8H2,1H3. The zero-order chi connectivity index (χ0) is 9.97. The highest BCUT2D eigenvalue weighted by molar-refractivity contribution is 9.10. The molecule has 0 spiro atoms. The van der Waals surface area contributed by atoms with Crippen LogP contribution in [0.25, 0.3) is 10.8 Å². The van der Waals surface area contributed by atoms with E-state index in [4.69, 9.17) is 0 Å². The van der Waals surface area contributed by atoms with Gasteiger partial charge >= 0.3 is 0 Å². The Morgan fingerprint density at radius 3 is 2.86 bits per heavy atom. The molecule has 0 saturated heterocycles. The fraction of sp³-hybridized carbons (Fsp3) is 0.167. The Hall–Kier alpha value is -0.860. The topological polar surface area (TPSA) is 12.0 Å². The van der Waals surface area contributed by atoms with E-state index >= 15 is 0 Å². The van der Waals surface area contributed by atoms with Gasteiger partial charge in [-0.2, -0.15) is 0 Å². The maximum absolute atomic E-state index is 3.48.